The average Bonchev–Trinajstić information content (AvgIpc) is 3.15. The summed E-state index contributed by atoms with van der Waals surface area (Å²) < 4.78 is 25.1. The van der Waals surface area contributed by atoms with Crippen LogP contribution in [0, 0.1) is 0 Å². The molecular weight excluding hydrogens is 400 g/mol. The van der Waals surface area contributed by atoms with Crippen LogP contribution < -0.4 is 5.32 Å². The highest BCUT2D eigenvalue weighted by molar-refractivity contribution is 7.90. The SMILES string of the molecule is CCC(=O)c1ccc(Nc2nc3cccc(-c4ccc(S(C)(=O)=O)cc4)n3n2)cc1. The topological polar surface area (TPSA) is 93.4 Å². The Kier molecular flexibility index (Phi) is 5.09. The third-order valence-electron chi connectivity index (χ3n) is 4.72. The summed E-state index contributed by atoms with van der Waals surface area (Å²) in [7, 11) is -3.25. The second-order valence-corrected chi connectivity index (χ2v) is 8.91. The Bertz CT molecular complexity index is 1330. The van der Waals surface area contributed by atoms with Crippen molar-refractivity contribution in [2.24, 2.45) is 0 Å². The number of rotatable bonds is 6. The van der Waals surface area contributed by atoms with E-state index < -0.39 is 9.84 Å². The quantitative estimate of drug-likeness (QED) is 0.471. The maximum atomic E-state index is 11.8. The first-order valence-corrected chi connectivity index (χ1v) is 11.3. The van der Waals surface area contributed by atoms with Crippen LogP contribution in [0.25, 0.3) is 16.9 Å². The van der Waals surface area contributed by atoms with Crippen LogP contribution in [0.3, 0.4) is 0 Å². The lowest BCUT2D eigenvalue weighted by atomic mass is 10.1. The Labute approximate surface area is 174 Å². The molecule has 0 amide bonds. The molecule has 0 spiro atoms. The molecule has 7 nitrogen and oxygen atoms in total. The van der Waals surface area contributed by atoms with E-state index in [9.17, 15) is 13.2 Å². The molecule has 1 N–H and O–H groups in total. The molecule has 0 saturated heterocycles. The van der Waals surface area contributed by atoms with Crippen molar-refractivity contribution in [1.82, 2.24) is 14.6 Å². The number of Topliss-reactive ketones (excluding diaryl/α,β-unsaturated/α-hetero) is 1. The van der Waals surface area contributed by atoms with Gasteiger partial charge in [-0.2, -0.15) is 4.98 Å². The molecule has 4 rings (SSSR count). The number of carbonyl (C=O) groups is 1. The summed E-state index contributed by atoms with van der Waals surface area (Å²) in [6.07, 6.45) is 1.65. The van der Waals surface area contributed by atoms with Gasteiger partial charge in [0.15, 0.2) is 21.3 Å². The van der Waals surface area contributed by atoms with Crippen LogP contribution >= 0.6 is 0 Å². The third-order valence-corrected chi connectivity index (χ3v) is 5.85. The molecule has 0 aliphatic heterocycles. The lowest BCUT2D eigenvalue weighted by Gasteiger charge is -2.05. The standard InChI is InChI=1S/C22H20N4O3S/c1-3-20(27)16-7-11-17(12-8-16)23-22-24-21-6-4-5-19(26(21)25-22)15-9-13-18(14-10-15)30(2,28)29/h4-14H,3H2,1-2H3,(H,23,25). The van der Waals surface area contributed by atoms with Gasteiger partial charge in [0.2, 0.25) is 5.95 Å². The maximum Gasteiger partial charge on any atom is 0.247 e. The predicted molar refractivity (Wildman–Crippen MR) is 116 cm³/mol. The highest BCUT2D eigenvalue weighted by Gasteiger charge is 2.11. The van der Waals surface area contributed by atoms with Crippen molar-refractivity contribution in [3.05, 3.63) is 72.3 Å². The fourth-order valence-electron chi connectivity index (χ4n) is 3.12. The molecule has 2 aromatic carbocycles. The summed E-state index contributed by atoms with van der Waals surface area (Å²) in [5.74, 6) is 0.517. The van der Waals surface area contributed by atoms with Gasteiger partial charge in [-0.05, 0) is 48.5 Å². The number of hydrogen-bond acceptors (Lipinski definition) is 6. The molecule has 0 bridgehead atoms. The van der Waals surface area contributed by atoms with Crippen LogP contribution in [0.4, 0.5) is 11.6 Å². The highest BCUT2D eigenvalue weighted by Crippen LogP contribution is 2.23. The highest BCUT2D eigenvalue weighted by atomic mass is 32.2. The van der Waals surface area contributed by atoms with Crippen LogP contribution in [0.2, 0.25) is 0 Å². The van der Waals surface area contributed by atoms with E-state index in [1.165, 1.54) is 6.26 Å². The molecule has 0 aliphatic rings. The van der Waals surface area contributed by atoms with Crippen LogP contribution in [0.15, 0.2) is 71.6 Å². The molecule has 2 aromatic heterocycles. The monoisotopic (exact) mass is 420 g/mol. The Balaban J connectivity index is 1.64. The lowest BCUT2D eigenvalue weighted by Crippen LogP contribution is -1.99. The number of sulfone groups is 1. The number of carbonyl (C=O) groups excluding carboxylic acids is 1. The summed E-state index contributed by atoms with van der Waals surface area (Å²) >= 11 is 0. The molecule has 30 heavy (non-hydrogen) atoms. The summed E-state index contributed by atoms with van der Waals surface area (Å²) in [5, 5.41) is 7.69. The van der Waals surface area contributed by atoms with Gasteiger partial charge in [-0.15, -0.1) is 5.10 Å². The Morgan fingerprint density at radius 3 is 2.33 bits per heavy atom. The number of nitrogens with zero attached hydrogens (tertiary/aromatic N) is 3. The van der Waals surface area contributed by atoms with Crippen molar-refractivity contribution in [2.75, 3.05) is 11.6 Å². The van der Waals surface area contributed by atoms with E-state index in [2.05, 4.69) is 15.4 Å². The zero-order valence-electron chi connectivity index (χ0n) is 16.5. The van der Waals surface area contributed by atoms with Crippen LogP contribution in [0.5, 0.6) is 0 Å². The number of hydrogen-bond donors (Lipinski definition) is 1. The zero-order valence-corrected chi connectivity index (χ0v) is 17.3. The minimum atomic E-state index is -3.25. The molecule has 8 heteroatoms. The van der Waals surface area contributed by atoms with Crippen LogP contribution in [0.1, 0.15) is 23.7 Å². The first-order valence-electron chi connectivity index (χ1n) is 9.42. The van der Waals surface area contributed by atoms with E-state index in [1.54, 1.807) is 40.9 Å². The number of anilines is 2. The fraction of sp³-hybridized carbons (Fsp3) is 0.136. The number of pyridine rings is 1. The first kappa shape index (κ1) is 19.8. The fourth-order valence-corrected chi connectivity index (χ4v) is 3.75. The van der Waals surface area contributed by atoms with Crippen molar-refractivity contribution >= 4 is 32.9 Å². The van der Waals surface area contributed by atoms with Crippen molar-refractivity contribution in [1.29, 1.82) is 0 Å². The van der Waals surface area contributed by atoms with Crippen LogP contribution in [-0.4, -0.2) is 35.1 Å². The van der Waals surface area contributed by atoms with E-state index in [4.69, 9.17) is 0 Å². The van der Waals surface area contributed by atoms with Crippen LogP contribution in [-0.2, 0) is 9.84 Å². The van der Waals surface area contributed by atoms with E-state index in [-0.39, 0.29) is 10.7 Å². The van der Waals surface area contributed by atoms with Crippen molar-refractivity contribution < 1.29 is 13.2 Å². The van der Waals surface area contributed by atoms with Crippen molar-refractivity contribution in [2.45, 2.75) is 18.2 Å². The summed E-state index contributed by atoms with van der Waals surface area (Å²) in [5.41, 5.74) is 3.72. The number of fused-ring (bicyclic) bond motifs is 1. The van der Waals surface area contributed by atoms with Gasteiger partial charge in [0.1, 0.15) is 0 Å². The summed E-state index contributed by atoms with van der Waals surface area (Å²) in [6.45, 7) is 1.83. The first-order chi connectivity index (χ1) is 14.3. The molecule has 0 atom stereocenters. The van der Waals surface area contributed by atoms with Gasteiger partial charge < -0.3 is 5.32 Å². The number of aromatic nitrogens is 3. The molecule has 0 fully saturated rings. The van der Waals surface area contributed by atoms with Gasteiger partial charge in [0.25, 0.3) is 0 Å². The van der Waals surface area contributed by atoms with Gasteiger partial charge in [-0.1, -0.05) is 25.1 Å². The molecule has 152 valence electrons. The summed E-state index contributed by atoms with van der Waals surface area (Å²) in [4.78, 5) is 16.5. The molecule has 4 aromatic rings. The number of nitrogens with one attached hydrogen (secondary N) is 1. The Morgan fingerprint density at radius 2 is 1.70 bits per heavy atom. The second-order valence-electron chi connectivity index (χ2n) is 6.89. The average molecular weight is 420 g/mol. The largest absolute Gasteiger partial charge is 0.323 e. The van der Waals surface area contributed by atoms with E-state index in [1.807, 2.05) is 37.3 Å². The van der Waals surface area contributed by atoms with Gasteiger partial charge in [0, 0.05) is 29.5 Å². The zero-order chi connectivity index (χ0) is 21.3. The molecule has 2 heterocycles. The van der Waals surface area contributed by atoms with Gasteiger partial charge >= 0.3 is 0 Å². The third kappa shape index (κ3) is 3.95. The molecule has 0 unspecified atom stereocenters. The van der Waals surface area contributed by atoms with Crippen molar-refractivity contribution in [3.8, 4) is 11.3 Å². The lowest BCUT2D eigenvalue weighted by molar-refractivity contribution is 0.0988. The van der Waals surface area contributed by atoms with E-state index in [0.717, 1.165) is 16.9 Å². The minimum Gasteiger partial charge on any atom is -0.323 e. The van der Waals surface area contributed by atoms with Gasteiger partial charge in [-0.25, -0.2) is 12.9 Å². The summed E-state index contributed by atoms with van der Waals surface area (Å²) in [6, 6.07) is 19.5. The normalized spacial score (nSPS) is 11.5. The van der Waals surface area contributed by atoms with Gasteiger partial charge in [0.05, 0.1) is 10.6 Å². The predicted octanol–water partition coefficient (Wildman–Crippen LogP) is 4.14. The Morgan fingerprint density at radius 1 is 1.00 bits per heavy atom. The second kappa shape index (κ2) is 7.72. The maximum absolute atomic E-state index is 11.8. The van der Waals surface area contributed by atoms with Crippen molar-refractivity contribution in [3.63, 3.8) is 0 Å². The minimum absolute atomic E-state index is 0.0962. The van der Waals surface area contributed by atoms with E-state index in [0.29, 0.717) is 23.6 Å². The molecule has 0 saturated carbocycles. The van der Waals surface area contributed by atoms with E-state index >= 15 is 0 Å². The van der Waals surface area contributed by atoms with Gasteiger partial charge in [-0.3, -0.25) is 4.79 Å². The molecular formula is C22H20N4O3S. The number of benzene rings is 2. The smallest absolute Gasteiger partial charge is 0.247 e. The molecule has 0 radical (unpaired) electrons. The Hall–Kier alpha value is -3.52. The molecule has 0 aliphatic carbocycles. The number of ketones is 1.